The second-order valence-corrected chi connectivity index (χ2v) is 6.77. The third-order valence-electron chi connectivity index (χ3n) is 4.75. The van der Waals surface area contributed by atoms with Gasteiger partial charge < -0.3 is 19.4 Å². The Balaban J connectivity index is 1.62. The van der Waals surface area contributed by atoms with Crippen LogP contribution in [0.25, 0.3) is 22.2 Å². The third kappa shape index (κ3) is 3.64. The molecule has 0 spiro atoms. The molecule has 0 radical (unpaired) electrons. The summed E-state index contributed by atoms with van der Waals surface area (Å²) in [5.74, 6) is 1.34. The van der Waals surface area contributed by atoms with Crippen molar-refractivity contribution in [3.63, 3.8) is 0 Å². The van der Waals surface area contributed by atoms with Gasteiger partial charge in [-0.25, -0.2) is 0 Å². The fourth-order valence-corrected chi connectivity index (χ4v) is 3.35. The Morgan fingerprint density at radius 1 is 1.04 bits per heavy atom. The number of aromatic amines is 2. The van der Waals surface area contributed by atoms with Gasteiger partial charge >= 0.3 is 0 Å². The summed E-state index contributed by atoms with van der Waals surface area (Å²) in [6.45, 7) is 2.57. The molecule has 0 atom stereocenters. The molecule has 4 aromatic rings. The van der Waals surface area contributed by atoms with Crippen LogP contribution in [0, 0.1) is 6.92 Å². The molecule has 2 heterocycles. The number of benzene rings is 2. The van der Waals surface area contributed by atoms with Crippen LogP contribution in [-0.2, 0) is 6.42 Å². The van der Waals surface area contributed by atoms with Gasteiger partial charge in [0.05, 0.1) is 19.4 Å². The van der Waals surface area contributed by atoms with Crippen molar-refractivity contribution in [3.05, 3.63) is 82.3 Å². The van der Waals surface area contributed by atoms with Crippen molar-refractivity contribution in [3.8, 4) is 22.8 Å². The zero-order valence-electron chi connectivity index (χ0n) is 15.9. The number of H-pyrrole nitrogens is 2. The molecule has 0 unspecified atom stereocenters. The topological polar surface area (TPSA) is 67.1 Å². The van der Waals surface area contributed by atoms with Crippen molar-refractivity contribution in [2.45, 2.75) is 13.3 Å². The smallest absolute Gasteiger partial charge is 0.261 e. The lowest BCUT2D eigenvalue weighted by atomic mass is 10.1. The number of pyridine rings is 1. The van der Waals surface area contributed by atoms with Gasteiger partial charge in [-0.05, 0) is 42.8 Å². The Bertz CT molecular complexity index is 1170. The highest BCUT2D eigenvalue weighted by Crippen LogP contribution is 2.30. The molecule has 0 aliphatic rings. The summed E-state index contributed by atoms with van der Waals surface area (Å²) in [4.78, 5) is 18.6. The number of hydrogen-bond acceptors (Lipinski definition) is 3. The average molecular weight is 374 g/mol. The minimum Gasteiger partial charge on any atom is -0.497 e. The molecular formula is C23H22N2O3. The summed E-state index contributed by atoms with van der Waals surface area (Å²) in [6.07, 6.45) is 2.39. The lowest BCUT2D eigenvalue weighted by Gasteiger charge is -2.10. The van der Waals surface area contributed by atoms with E-state index in [1.165, 1.54) is 11.1 Å². The summed E-state index contributed by atoms with van der Waals surface area (Å²) in [6, 6.07) is 17.8. The molecule has 28 heavy (non-hydrogen) atoms. The van der Waals surface area contributed by atoms with Crippen molar-refractivity contribution in [1.82, 2.24) is 9.97 Å². The van der Waals surface area contributed by atoms with Crippen LogP contribution in [0.3, 0.4) is 0 Å². The van der Waals surface area contributed by atoms with Crippen LogP contribution in [0.4, 0.5) is 0 Å². The lowest BCUT2D eigenvalue weighted by Crippen LogP contribution is -2.12. The zero-order valence-corrected chi connectivity index (χ0v) is 15.9. The molecule has 2 aromatic heterocycles. The van der Waals surface area contributed by atoms with Gasteiger partial charge in [-0.15, -0.1) is 0 Å². The fraction of sp³-hybridized carbons (Fsp3) is 0.174. The van der Waals surface area contributed by atoms with E-state index in [0.29, 0.717) is 17.9 Å². The second-order valence-electron chi connectivity index (χ2n) is 6.77. The molecule has 4 rings (SSSR count). The molecule has 2 N–H and O–H groups in total. The highest BCUT2D eigenvalue weighted by atomic mass is 16.5. The Morgan fingerprint density at radius 3 is 2.75 bits per heavy atom. The number of fused-ring (bicyclic) bond motifs is 1. The van der Waals surface area contributed by atoms with E-state index >= 15 is 0 Å². The number of aryl methyl sites for hydroxylation is 1. The van der Waals surface area contributed by atoms with Gasteiger partial charge in [-0.3, -0.25) is 4.79 Å². The maximum Gasteiger partial charge on any atom is 0.261 e. The van der Waals surface area contributed by atoms with Crippen LogP contribution >= 0.6 is 0 Å². The Labute approximate surface area is 163 Å². The molecule has 2 aromatic carbocycles. The molecule has 0 amide bonds. The van der Waals surface area contributed by atoms with Crippen molar-refractivity contribution in [2.75, 3.05) is 13.7 Å². The monoisotopic (exact) mass is 374 g/mol. The van der Waals surface area contributed by atoms with E-state index in [9.17, 15) is 4.79 Å². The quantitative estimate of drug-likeness (QED) is 0.524. The molecule has 0 aliphatic carbocycles. The van der Waals surface area contributed by atoms with E-state index < -0.39 is 0 Å². The maximum absolute atomic E-state index is 12.5. The van der Waals surface area contributed by atoms with Crippen LogP contribution in [0.5, 0.6) is 11.5 Å². The molecule has 0 aliphatic heterocycles. The van der Waals surface area contributed by atoms with E-state index in [0.717, 1.165) is 28.8 Å². The minimum atomic E-state index is -0.188. The van der Waals surface area contributed by atoms with Crippen LogP contribution in [0.15, 0.2) is 65.6 Å². The number of hydrogen-bond donors (Lipinski definition) is 2. The van der Waals surface area contributed by atoms with Gasteiger partial charge in [0.1, 0.15) is 17.1 Å². The molecule has 0 bridgehead atoms. The standard InChI is InChI=1S/C23H22N2O3/c1-15-4-3-5-16(12-15)9-11-28-21-8-10-24-23(26)22(21)20-14-17-13-18(27-2)6-7-19(17)25-20/h3-8,10,12-14,25H,9,11H2,1-2H3,(H,24,26). The summed E-state index contributed by atoms with van der Waals surface area (Å²) in [5, 5.41) is 0.975. The first-order valence-corrected chi connectivity index (χ1v) is 9.21. The summed E-state index contributed by atoms with van der Waals surface area (Å²) >= 11 is 0. The maximum atomic E-state index is 12.5. The van der Waals surface area contributed by atoms with Gasteiger partial charge in [0.25, 0.3) is 5.56 Å². The molecule has 5 heteroatoms. The van der Waals surface area contributed by atoms with Gasteiger partial charge in [0.2, 0.25) is 0 Å². The minimum absolute atomic E-state index is 0.188. The van der Waals surface area contributed by atoms with E-state index in [2.05, 4.69) is 35.1 Å². The Hall–Kier alpha value is -3.47. The Morgan fingerprint density at radius 2 is 1.93 bits per heavy atom. The Kier molecular flexibility index (Phi) is 4.89. The van der Waals surface area contributed by atoms with Crippen LogP contribution in [-0.4, -0.2) is 23.7 Å². The van der Waals surface area contributed by atoms with Crippen LogP contribution < -0.4 is 15.0 Å². The number of rotatable bonds is 6. The first-order valence-electron chi connectivity index (χ1n) is 9.21. The largest absolute Gasteiger partial charge is 0.497 e. The number of ether oxygens (including phenoxy) is 2. The lowest BCUT2D eigenvalue weighted by molar-refractivity contribution is 0.322. The molecule has 5 nitrogen and oxygen atoms in total. The SMILES string of the molecule is COc1ccc2[nH]c(-c3c(OCCc4cccc(C)c4)cc[nH]c3=O)cc2c1. The predicted octanol–water partition coefficient (Wildman–Crippen LogP) is 4.46. The first-order chi connectivity index (χ1) is 13.6. The molecule has 142 valence electrons. The van der Waals surface area contributed by atoms with Crippen molar-refractivity contribution < 1.29 is 9.47 Å². The number of aromatic nitrogens is 2. The molecule has 0 saturated carbocycles. The summed E-state index contributed by atoms with van der Waals surface area (Å²) < 4.78 is 11.3. The molecule has 0 fully saturated rings. The third-order valence-corrected chi connectivity index (χ3v) is 4.75. The molecule has 0 saturated heterocycles. The molecular weight excluding hydrogens is 352 g/mol. The van der Waals surface area contributed by atoms with Crippen molar-refractivity contribution in [2.24, 2.45) is 0 Å². The average Bonchev–Trinajstić information content (AvgIpc) is 3.10. The number of methoxy groups -OCH3 is 1. The van der Waals surface area contributed by atoms with Crippen molar-refractivity contribution >= 4 is 10.9 Å². The van der Waals surface area contributed by atoms with E-state index in [4.69, 9.17) is 9.47 Å². The normalized spacial score (nSPS) is 10.9. The van der Waals surface area contributed by atoms with E-state index in [-0.39, 0.29) is 5.56 Å². The van der Waals surface area contributed by atoms with Crippen LogP contribution in [0.1, 0.15) is 11.1 Å². The first kappa shape index (κ1) is 17.9. The zero-order chi connectivity index (χ0) is 19.5. The van der Waals surface area contributed by atoms with E-state index in [1.807, 2.05) is 30.3 Å². The van der Waals surface area contributed by atoms with E-state index in [1.54, 1.807) is 19.4 Å². The van der Waals surface area contributed by atoms with Gasteiger partial charge in [-0.2, -0.15) is 0 Å². The summed E-state index contributed by atoms with van der Waals surface area (Å²) in [5.41, 5.74) is 4.40. The van der Waals surface area contributed by atoms with Gasteiger partial charge in [0, 0.05) is 23.5 Å². The van der Waals surface area contributed by atoms with Gasteiger partial charge in [0.15, 0.2) is 0 Å². The second kappa shape index (κ2) is 7.64. The predicted molar refractivity (Wildman–Crippen MR) is 111 cm³/mol. The van der Waals surface area contributed by atoms with Gasteiger partial charge in [-0.1, -0.05) is 29.8 Å². The number of nitrogens with one attached hydrogen (secondary N) is 2. The van der Waals surface area contributed by atoms with Crippen molar-refractivity contribution in [1.29, 1.82) is 0 Å². The highest BCUT2D eigenvalue weighted by molar-refractivity contribution is 5.87. The highest BCUT2D eigenvalue weighted by Gasteiger charge is 2.14. The fourth-order valence-electron chi connectivity index (χ4n) is 3.35. The summed E-state index contributed by atoms with van der Waals surface area (Å²) in [7, 11) is 1.64. The van der Waals surface area contributed by atoms with Crippen LogP contribution in [0.2, 0.25) is 0 Å².